The SMILES string of the molecule is CCOCCOc1ccc(Cl)cc1NC(=O)CC1CSCCN1.Cl. The highest BCUT2D eigenvalue weighted by molar-refractivity contribution is 7.99. The van der Waals surface area contributed by atoms with Gasteiger partial charge in [-0.1, -0.05) is 11.6 Å². The summed E-state index contributed by atoms with van der Waals surface area (Å²) in [5, 5.41) is 6.81. The van der Waals surface area contributed by atoms with Gasteiger partial charge in [0.15, 0.2) is 0 Å². The number of carbonyl (C=O) groups excluding carboxylic acids is 1. The molecule has 1 aliphatic rings. The zero-order valence-corrected chi connectivity index (χ0v) is 16.1. The fourth-order valence-corrected chi connectivity index (χ4v) is 3.38. The van der Waals surface area contributed by atoms with Gasteiger partial charge in [0.1, 0.15) is 12.4 Å². The van der Waals surface area contributed by atoms with Crippen LogP contribution >= 0.6 is 35.8 Å². The van der Waals surface area contributed by atoms with Crippen LogP contribution in [-0.2, 0) is 9.53 Å². The fraction of sp³-hybridized carbons (Fsp3) is 0.562. The number of anilines is 1. The van der Waals surface area contributed by atoms with Crippen molar-refractivity contribution in [2.45, 2.75) is 19.4 Å². The number of hydrogen-bond donors (Lipinski definition) is 2. The molecule has 5 nitrogen and oxygen atoms in total. The molecule has 1 atom stereocenters. The van der Waals surface area contributed by atoms with Gasteiger partial charge in [0, 0.05) is 42.1 Å². The molecule has 2 rings (SSSR count). The van der Waals surface area contributed by atoms with Crippen molar-refractivity contribution in [2.24, 2.45) is 0 Å². The average Bonchev–Trinajstić information content (AvgIpc) is 2.54. The lowest BCUT2D eigenvalue weighted by Crippen LogP contribution is -2.39. The van der Waals surface area contributed by atoms with E-state index in [1.807, 2.05) is 18.7 Å². The molecule has 1 saturated heterocycles. The topological polar surface area (TPSA) is 59.6 Å². The van der Waals surface area contributed by atoms with Gasteiger partial charge >= 0.3 is 0 Å². The number of benzene rings is 1. The summed E-state index contributed by atoms with van der Waals surface area (Å²) in [6.07, 6.45) is 0.442. The van der Waals surface area contributed by atoms with Crippen LogP contribution in [0.1, 0.15) is 13.3 Å². The van der Waals surface area contributed by atoms with Gasteiger partial charge in [-0.15, -0.1) is 12.4 Å². The molecule has 136 valence electrons. The monoisotopic (exact) mass is 394 g/mol. The lowest BCUT2D eigenvalue weighted by molar-refractivity contribution is -0.116. The number of rotatable bonds is 8. The van der Waals surface area contributed by atoms with Crippen molar-refractivity contribution < 1.29 is 14.3 Å². The highest BCUT2D eigenvalue weighted by Crippen LogP contribution is 2.28. The molecule has 1 unspecified atom stereocenters. The molecule has 0 bridgehead atoms. The summed E-state index contributed by atoms with van der Waals surface area (Å²) in [7, 11) is 0. The zero-order valence-electron chi connectivity index (χ0n) is 13.7. The standard InChI is InChI=1S/C16H23ClN2O3S.ClH/c1-2-21-6-7-22-15-4-3-12(17)9-14(15)19-16(20)10-13-11-23-8-5-18-13;/h3-4,9,13,18H,2,5-8,10-11H2,1H3,(H,19,20);1H. The van der Waals surface area contributed by atoms with Crippen molar-refractivity contribution in [1.82, 2.24) is 5.32 Å². The van der Waals surface area contributed by atoms with Gasteiger partial charge in [0.25, 0.3) is 0 Å². The zero-order chi connectivity index (χ0) is 16.5. The van der Waals surface area contributed by atoms with Crippen molar-refractivity contribution in [3.8, 4) is 5.75 Å². The molecule has 1 amide bonds. The molecule has 1 fully saturated rings. The van der Waals surface area contributed by atoms with Gasteiger partial charge in [0.2, 0.25) is 5.91 Å². The van der Waals surface area contributed by atoms with Crippen LogP contribution in [0.4, 0.5) is 5.69 Å². The minimum absolute atomic E-state index is 0. The van der Waals surface area contributed by atoms with Gasteiger partial charge in [-0.2, -0.15) is 11.8 Å². The second-order valence-corrected chi connectivity index (χ2v) is 6.75. The molecule has 0 spiro atoms. The normalized spacial score (nSPS) is 17.0. The first-order chi connectivity index (χ1) is 11.2. The molecule has 24 heavy (non-hydrogen) atoms. The molecule has 0 radical (unpaired) electrons. The summed E-state index contributed by atoms with van der Waals surface area (Å²) >= 11 is 7.90. The maximum atomic E-state index is 12.2. The maximum absolute atomic E-state index is 12.2. The molecule has 1 aromatic carbocycles. The highest BCUT2D eigenvalue weighted by atomic mass is 35.5. The first kappa shape index (κ1) is 21.4. The Morgan fingerprint density at radius 3 is 3.00 bits per heavy atom. The minimum atomic E-state index is -0.0399. The van der Waals surface area contributed by atoms with Gasteiger partial charge in [-0.05, 0) is 25.1 Å². The van der Waals surface area contributed by atoms with Crippen LogP contribution in [-0.4, -0.2) is 49.8 Å². The summed E-state index contributed by atoms with van der Waals surface area (Å²) < 4.78 is 10.9. The summed E-state index contributed by atoms with van der Waals surface area (Å²) in [5.41, 5.74) is 0.600. The maximum Gasteiger partial charge on any atom is 0.226 e. The first-order valence-electron chi connectivity index (χ1n) is 7.80. The van der Waals surface area contributed by atoms with E-state index in [1.165, 1.54) is 0 Å². The number of thioether (sulfide) groups is 1. The van der Waals surface area contributed by atoms with E-state index in [1.54, 1.807) is 18.2 Å². The average molecular weight is 395 g/mol. The predicted octanol–water partition coefficient (Wildman–Crippen LogP) is 3.21. The number of ether oxygens (including phenoxy) is 2. The summed E-state index contributed by atoms with van der Waals surface area (Å²) in [6, 6.07) is 5.43. The number of carbonyl (C=O) groups is 1. The van der Waals surface area contributed by atoms with Crippen LogP contribution in [0.25, 0.3) is 0 Å². The lowest BCUT2D eigenvalue weighted by atomic mass is 10.2. The number of halogens is 2. The van der Waals surface area contributed by atoms with E-state index in [0.717, 1.165) is 18.1 Å². The largest absolute Gasteiger partial charge is 0.489 e. The lowest BCUT2D eigenvalue weighted by Gasteiger charge is -2.22. The van der Waals surface area contributed by atoms with Crippen LogP contribution in [0, 0.1) is 0 Å². The summed E-state index contributed by atoms with van der Waals surface area (Å²) in [4.78, 5) is 12.2. The quantitative estimate of drug-likeness (QED) is 0.662. The number of amides is 1. The highest BCUT2D eigenvalue weighted by Gasteiger charge is 2.17. The summed E-state index contributed by atoms with van der Waals surface area (Å²) in [6.45, 7) is 4.48. The van der Waals surface area contributed by atoms with Gasteiger partial charge in [-0.3, -0.25) is 4.79 Å². The van der Waals surface area contributed by atoms with Crippen molar-refractivity contribution in [1.29, 1.82) is 0 Å². The molecule has 2 N–H and O–H groups in total. The summed E-state index contributed by atoms with van der Waals surface area (Å²) in [5.74, 6) is 2.63. The Bertz CT molecular complexity index is 514. The molecule has 1 heterocycles. The van der Waals surface area contributed by atoms with Crippen molar-refractivity contribution in [3.05, 3.63) is 23.2 Å². The van der Waals surface area contributed by atoms with E-state index in [2.05, 4.69) is 10.6 Å². The van der Waals surface area contributed by atoms with E-state index in [4.69, 9.17) is 21.1 Å². The predicted molar refractivity (Wildman–Crippen MR) is 103 cm³/mol. The second kappa shape index (κ2) is 11.8. The molecule has 1 aromatic rings. The molecular formula is C16H24Cl2N2O3S. The van der Waals surface area contributed by atoms with E-state index >= 15 is 0 Å². The van der Waals surface area contributed by atoms with Crippen LogP contribution in [0.5, 0.6) is 5.75 Å². The van der Waals surface area contributed by atoms with Crippen LogP contribution in [0.15, 0.2) is 18.2 Å². The van der Waals surface area contributed by atoms with E-state index < -0.39 is 0 Å². The molecule has 1 aliphatic heterocycles. The van der Waals surface area contributed by atoms with E-state index in [0.29, 0.717) is 42.7 Å². The van der Waals surface area contributed by atoms with Crippen molar-refractivity contribution in [3.63, 3.8) is 0 Å². The number of hydrogen-bond acceptors (Lipinski definition) is 5. The van der Waals surface area contributed by atoms with Crippen molar-refractivity contribution >= 4 is 47.4 Å². The third kappa shape index (κ3) is 7.49. The van der Waals surface area contributed by atoms with Gasteiger partial charge < -0.3 is 20.1 Å². The molecular weight excluding hydrogens is 371 g/mol. The second-order valence-electron chi connectivity index (χ2n) is 5.16. The van der Waals surface area contributed by atoms with Crippen LogP contribution in [0.2, 0.25) is 5.02 Å². The minimum Gasteiger partial charge on any atom is -0.489 e. The van der Waals surface area contributed by atoms with Crippen LogP contribution in [0.3, 0.4) is 0 Å². The smallest absolute Gasteiger partial charge is 0.226 e. The third-order valence-electron chi connectivity index (χ3n) is 3.34. The van der Waals surface area contributed by atoms with E-state index in [9.17, 15) is 4.79 Å². The molecule has 0 aromatic heterocycles. The van der Waals surface area contributed by atoms with E-state index in [-0.39, 0.29) is 24.4 Å². The Balaban J connectivity index is 0.00000288. The fourth-order valence-electron chi connectivity index (χ4n) is 2.26. The Hall–Kier alpha value is -0.660. The van der Waals surface area contributed by atoms with Crippen LogP contribution < -0.4 is 15.4 Å². The molecule has 0 saturated carbocycles. The first-order valence-corrected chi connectivity index (χ1v) is 9.33. The molecule has 0 aliphatic carbocycles. The molecule has 8 heteroatoms. The third-order valence-corrected chi connectivity index (χ3v) is 4.70. The Morgan fingerprint density at radius 2 is 2.29 bits per heavy atom. The Kier molecular flexibility index (Phi) is 10.5. The Morgan fingerprint density at radius 1 is 1.46 bits per heavy atom. The van der Waals surface area contributed by atoms with Gasteiger partial charge in [-0.25, -0.2) is 0 Å². The Labute approximate surface area is 158 Å². The number of nitrogens with one attached hydrogen (secondary N) is 2. The van der Waals surface area contributed by atoms with Gasteiger partial charge in [0.05, 0.1) is 12.3 Å². The van der Waals surface area contributed by atoms with Crippen molar-refractivity contribution in [2.75, 3.05) is 43.2 Å².